The Morgan fingerprint density at radius 2 is 1.96 bits per heavy atom. The minimum Gasteiger partial charge on any atom is -0.497 e. The second kappa shape index (κ2) is 8.45. The molecule has 0 fully saturated rings. The molecule has 0 spiro atoms. The molecule has 0 bridgehead atoms. The first-order chi connectivity index (χ1) is 11.5. The van der Waals surface area contributed by atoms with Crippen molar-refractivity contribution in [3.63, 3.8) is 0 Å². The van der Waals surface area contributed by atoms with Gasteiger partial charge in [0.1, 0.15) is 11.6 Å². The molecule has 0 saturated carbocycles. The van der Waals surface area contributed by atoms with Crippen LogP contribution in [-0.2, 0) is 11.3 Å². The second-order valence-corrected chi connectivity index (χ2v) is 5.57. The number of methoxy groups -OCH3 is 1. The van der Waals surface area contributed by atoms with Gasteiger partial charge in [0.25, 0.3) is 5.91 Å². The van der Waals surface area contributed by atoms with Gasteiger partial charge in [0.05, 0.1) is 7.11 Å². The zero-order valence-corrected chi connectivity index (χ0v) is 13.9. The number of ether oxygens (including phenoxy) is 1. The Balaban J connectivity index is 2.15. The maximum Gasteiger partial charge on any atom is 0.256 e. The monoisotopic (exact) mass is 331 g/mol. The van der Waals surface area contributed by atoms with E-state index in [4.69, 9.17) is 4.74 Å². The number of rotatable bonds is 7. The summed E-state index contributed by atoms with van der Waals surface area (Å²) in [6, 6.07) is 12.8. The summed E-state index contributed by atoms with van der Waals surface area (Å²) in [7, 11) is 1.59. The van der Waals surface area contributed by atoms with Crippen LogP contribution in [0, 0.1) is 5.82 Å². The van der Waals surface area contributed by atoms with Gasteiger partial charge < -0.3 is 14.7 Å². The molecule has 0 saturated heterocycles. The van der Waals surface area contributed by atoms with Crippen LogP contribution in [0.1, 0.15) is 30.6 Å². The Kier molecular flexibility index (Phi) is 6.32. The van der Waals surface area contributed by atoms with Crippen molar-refractivity contribution in [1.29, 1.82) is 0 Å². The lowest BCUT2D eigenvalue weighted by Gasteiger charge is -2.25. The summed E-state index contributed by atoms with van der Waals surface area (Å²) in [4.78, 5) is 14.2. The van der Waals surface area contributed by atoms with Gasteiger partial charge in [-0.1, -0.05) is 31.2 Å². The molecule has 0 aliphatic rings. The van der Waals surface area contributed by atoms with Crippen molar-refractivity contribution in [2.75, 3.05) is 13.7 Å². The smallest absolute Gasteiger partial charge is 0.256 e. The number of carbonyl (C=O) groups is 1. The van der Waals surface area contributed by atoms with Crippen molar-refractivity contribution in [1.82, 2.24) is 4.90 Å². The predicted octanol–water partition coefficient (Wildman–Crippen LogP) is 3.31. The van der Waals surface area contributed by atoms with Crippen molar-refractivity contribution in [3.8, 4) is 5.75 Å². The van der Waals surface area contributed by atoms with Crippen molar-refractivity contribution in [2.24, 2.45) is 0 Å². The molecule has 5 heteroatoms. The molecule has 1 amide bonds. The Bertz CT molecular complexity index is 673. The fourth-order valence-electron chi connectivity index (χ4n) is 2.49. The van der Waals surface area contributed by atoms with Crippen LogP contribution in [0.15, 0.2) is 48.5 Å². The first-order valence-corrected chi connectivity index (χ1v) is 7.90. The van der Waals surface area contributed by atoms with Crippen LogP contribution in [0.4, 0.5) is 4.39 Å². The van der Waals surface area contributed by atoms with E-state index in [1.807, 2.05) is 31.2 Å². The highest BCUT2D eigenvalue weighted by atomic mass is 19.1. The second-order valence-electron chi connectivity index (χ2n) is 5.57. The topological polar surface area (TPSA) is 49.8 Å². The number of amides is 1. The Morgan fingerprint density at radius 1 is 1.25 bits per heavy atom. The van der Waals surface area contributed by atoms with E-state index in [0.29, 0.717) is 18.7 Å². The van der Waals surface area contributed by atoms with Crippen LogP contribution in [0.2, 0.25) is 0 Å². The summed E-state index contributed by atoms with van der Waals surface area (Å²) < 4.78 is 18.2. The number of nitrogens with zero attached hydrogens (tertiary/aromatic N) is 1. The number of aliphatic hydroxyl groups is 1. The third-order valence-corrected chi connectivity index (χ3v) is 3.73. The van der Waals surface area contributed by atoms with Crippen LogP contribution in [0.25, 0.3) is 0 Å². The van der Waals surface area contributed by atoms with Crippen molar-refractivity contribution in [2.45, 2.75) is 26.0 Å². The highest BCUT2D eigenvalue weighted by Crippen LogP contribution is 2.20. The summed E-state index contributed by atoms with van der Waals surface area (Å²) in [5.41, 5.74) is 1.30. The van der Waals surface area contributed by atoms with Gasteiger partial charge in [0, 0.05) is 13.1 Å². The van der Waals surface area contributed by atoms with E-state index in [1.165, 1.54) is 24.3 Å². The molecule has 2 rings (SSSR count). The lowest BCUT2D eigenvalue weighted by Crippen LogP contribution is -2.35. The van der Waals surface area contributed by atoms with Crippen LogP contribution < -0.4 is 4.74 Å². The SMILES string of the molecule is CCCN(Cc1cccc(OC)c1)C(=O)C(O)c1ccc(F)cc1. The van der Waals surface area contributed by atoms with Gasteiger partial charge in [-0.2, -0.15) is 0 Å². The maximum atomic E-state index is 13.0. The molecule has 24 heavy (non-hydrogen) atoms. The number of aliphatic hydroxyl groups excluding tert-OH is 1. The fourth-order valence-corrected chi connectivity index (χ4v) is 2.49. The summed E-state index contributed by atoms with van der Waals surface area (Å²) in [6.45, 7) is 2.87. The van der Waals surface area contributed by atoms with E-state index in [-0.39, 0.29) is 0 Å². The standard InChI is InChI=1S/C19H22FNO3/c1-3-11-21(13-14-5-4-6-17(12-14)24-2)19(23)18(22)15-7-9-16(20)10-8-15/h4-10,12,18,22H,3,11,13H2,1-2H3. The molecule has 4 nitrogen and oxygen atoms in total. The maximum absolute atomic E-state index is 13.0. The molecule has 2 aromatic carbocycles. The summed E-state index contributed by atoms with van der Waals surface area (Å²) in [5.74, 6) is -0.0815. The first kappa shape index (κ1) is 17.9. The number of carbonyl (C=O) groups excluding carboxylic acids is 1. The van der Waals surface area contributed by atoms with Crippen LogP contribution in [0.3, 0.4) is 0 Å². The van der Waals surface area contributed by atoms with Gasteiger partial charge in [0.15, 0.2) is 6.10 Å². The van der Waals surface area contributed by atoms with Gasteiger partial charge in [-0.25, -0.2) is 4.39 Å². The van der Waals surface area contributed by atoms with E-state index >= 15 is 0 Å². The molecular formula is C19H22FNO3. The average molecular weight is 331 g/mol. The minimum atomic E-state index is -1.30. The number of benzene rings is 2. The third-order valence-electron chi connectivity index (χ3n) is 3.73. The largest absolute Gasteiger partial charge is 0.497 e. The molecule has 0 radical (unpaired) electrons. The number of halogens is 1. The van der Waals surface area contributed by atoms with Crippen molar-refractivity contribution in [3.05, 3.63) is 65.5 Å². The predicted molar refractivity (Wildman–Crippen MR) is 90.1 cm³/mol. The summed E-state index contributed by atoms with van der Waals surface area (Å²) >= 11 is 0. The molecule has 0 heterocycles. The summed E-state index contributed by atoms with van der Waals surface area (Å²) in [6.07, 6.45) is -0.533. The lowest BCUT2D eigenvalue weighted by molar-refractivity contribution is -0.141. The molecule has 1 atom stereocenters. The Hall–Kier alpha value is -2.40. The van der Waals surface area contributed by atoms with E-state index < -0.39 is 17.8 Å². The molecule has 0 aliphatic carbocycles. The average Bonchev–Trinajstić information content (AvgIpc) is 2.61. The molecule has 0 aliphatic heterocycles. The quantitative estimate of drug-likeness (QED) is 0.847. The van der Waals surface area contributed by atoms with Crippen LogP contribution in [-0.4, -0.2) is 29.6 Å². The van der Waals surface area contributed by atoms with E-state index in [2.05, 4.69) is 0 Å². The minimum absolute atomic E-state index is 0.377. The number of hydrogen-bond donors (Lipinski definition) is 1. The van der Waals surface area contributed by atoms with Crippen molar-refractivity contribution < 1.29 is 19.0 Å². The fraction of sp³-hybridized carbons (Fsp3) is 0.316. The molecule has 128 valence electrons. The first-order valence-electron chi connectivity index (χ1n) is 7.90. The zero-order chi connectivity index (χ0) is 17.5. The molecule has 2 aromatic rings. The molecule has 0 aromatic heterocycles. The normalized spacial score (nSPS) is 11.8. The zero-order valence-electron chi connectivity index (χ0n) is 13.9. The third kappa shape index (κ3) is 4.55. The van der Waals surface area contributed by atoms with Gasteiger partial charge in [0.2, 0.25) is 0 Å². The Morgan fingerprint density at radius 3 is 2.58 bits per heavy atom. The van der Waals surface area contributed by atoms with Gasteiger partial charge in [-0.3, -0.25) is 4.79 Å². The number of hydrogen-bond acceptors (Lipinski definition) is 3. The molecule has 1 N–H and O–H groups in total. The van der Waals surface area contributed by atoms with E-state index in [9.17, 15) is 14.3 Å². The van der Waals surface area contributed by atoms with Gasteiger partial charge in [-0.15, -0.1) is 0 Å². The highest BCUT2D eigenvalue weighted by molar-refractivity contribution is 5.82. The van der Waals surface area contributed by atoms with Gasteiger partial charge in [-0.05, 0) is 41.8 Å². The van der Waals surface area contributed by atoms with Crippen LogP contribution in [0.5, 0.6) is 5.75 Å². The lowest BCUT2D eigenvalue weighted by atomic mass is 10.1. The highest BCUT2D eigenvalue weighted by Gasteiger charge is 2.23. The summed E-state index contributed by atoms with van der Waals surface area (Å²) in [5, 5.41) is 10.3. The van der Waals surface area contributed by atoms with E-state index in [1.54, 1.807) is 12.0 Å². The van der Waals surface area contributed by atoms with Gasteiger partial charge >= 0.3 is 0 Å². The molecule has 1 unspecified atom stereocenters. The van der Waals surface area contributed by atoms with Crippen LogP contribution >= 0.6 is 0 Å². The van der Waals surface area contributed by atoms with Crippen molar-refractivity contribution >= 4 is 5.91 Å². The molecular weight excluding hydrogens is 309 g/mol. The van der Waals surface area contributed by atoms with E-state index in [0.717, 1.165) is 17.7 Å². The Labute approximate surface area is 141 Å².